The predicted molar refractivity (Wildman–Crippen MR) is 132 cm³/mol. The molecule has 31 heavy (non-hydrogen) atoms. The van der Waals surface area contributed by atoms with Crippen LogP contribution in [0.3, 0.4) is 0 Å². The van der Waals surface area contributed by atoms with Crippen LogP contribution in [0.25, 0.3) is 0 Å². The van der Waals surface area contributed by atoms with Crippen LogP contribution in [0.4, 0.5) is 0 Å². The summed E-state index contributed by atoms with van der Waals surface area (Å²) in [7, 11) is 1.96. The van der Waals surface area contributed by atoms with Gasteiger partial charge in [-0.1, -0.05) is 6.07 Å². The first-order chi connectivity index (χ1) is 14.7. The fourth-order valence-corrected chi connectivity index (χ4v) is 3.91. The van der Waals surface area contributed by atoms with Gasteiger partial charge in [0.25, 0.3) is 0 Å². The van der Waals surface area contributed by atoms with Crippen molar-refractivity contribution >= 4 is 29.9 Å². The Morgan fingerprint density at radius 2 is 1.94 bits per heavy atom. The lowest BCUT2D eigenvalue weighted by Crippen LogP contribution is -2.52. The molecule has 0 saturated carbocycles. The maximum absolute atomic E-state index is 5.50. The number of hydrogen-bond donors (Lipinski definition) is 1. The van der Waals surface area contributed by atoms with Crippen molar-refractivity contribution in [3.8, 4) is 11.5 Å². The van der Waals surface area contributed by atoms with Gasteiger partial charge in [0.1, 0.15) is 0 Å². The lowest BCUT2D eigenvalue weighted by Gasteiger charge is -2.36. The average Bonchev–Trinajstić information content (AvgIpc) is 3.39. The van der Waals surface area contributed by atoms with Gasteiger partial charge in [0, 0.05) is 59.1 Å². The van der Waals surface area contributed by atoms with Gasteiger partial charge in [0.2, 0.25) is 6.79 Å². The third kappa shape index (κ3) is 6.49. The molecule has 0 amide bonds. The molecule has 1 N–H and O–H groups in total. The van der Waals surface area contributed by atoms with E-state index in [1.807, 2.05) is 24.0 Å². The first-order valence-electron chi connectivity index (χ1n) is 10.8. The van der Waals surface area contributed by atoms with Crippen LogP contribution >= 0.6 is 24.0 Å². The molecule has 4 rings (SSSR count). The molecule has 2 aliphatic rings. The summed E-state index contributed by atoms with van der Waals surface area (Å²) in [5.41, 5.74) is 2.54. The molecular formula is C22H33IN6O2. The average molecular weight is 540 g/mol. The van der Waals surface area contributed by atoms with Crippen LogP contribution in [-0.4, -0.2) is 71.6 Å². The second-order valence-corrected chi connectivity index (χ2v) is 7.81. The molecule has 3 heterocycles. The summed E-state index contributed by atoms with van der Waals surface area (Å²) in [6.07, 6.45) is 6.06. The maximum atomic E-state index is 5.50. The van der Waals surface area contributed by atoms with E-state index in [-0.39, 0.29) is 24.0 Å². The number of ether oxygens (including phenoxy) is 2. The van der Waals surface area contributed by atoms with Crippen LogP contribution in [0.5, 0.6) is 11.5 Å². The van der Waals surface area contributed by atoms with Gasteiger partial charge < -0.3 is 19.7 Å². The van der Waals surface area contributed by atoms with Crippen molar-refractivity contribution in [3.05, 3.63) is 41.7 Å². The van der Waals surface area contributed by atoms with Crippen molar-refractivity contribution in [3.63, 3.8) is 0 Å². The van der Waals surface area contributed by atoms with E-state index in [1.165, 1.54) is 11.1 Å². The van der Waals surface area contributed by atoms with Crippen molar-refractivity contribution in [2.75, 3.05) is 46.1 Å². The molecule has 0 bridgehead atoms. The second kappa shape index (κ2) is 11.6. The molecule has 1 saturated heterocycles. The van der Waals surface area contributed by atoms with Gasteiger partial charge in [-0.05, 0) is 43.0 Å². The molecule has 0 radical (unpaired) electrons. The minimum atomic E-state index is 0. The number of hydrogen-bond acceptors (Lipinski definition) is 5. The zero-order valence-corrected chi connectivity index (χ0v) is 20.7. The van der Waals surface area contributed by atoms with E-state index in [0.717, 1.165) is 76.1 Å². The number of benzene rings is 1. The number of halogens is 1. The van der Waals surface area contributed by atoms with Crippen LogP contribution in [-0.2, 0) is 20.0 Å². The van der Waals surface area contributed by atoms with Crippen LogP contribution in [0, 0.1) is 0 Å². The Morgan fingerprint density at radius 3 is 2.68 bits per heavy atom. The molecule has 1 aromatic heterocycles. The summed E-state index contributed by atoms with van der Waals surface area (Å²) in [5.74, 6) is 2.74. The Balaban J connectivity index is 0.00000272. The molecule has 0 atom stereocenters. The third-order valence-electron chi connectivity index (χ3n) is 5.49. The molecule has 8 nitrogen and oxygen atoms in total. The molecule has 2 aliphatic heterocycles. The van der Waals surface area contributed by atoms with Crippen molar-refractivity contribution < 1.29 is 9.47 Å². The first kappa shape index (κ1) is 23.6. The third-order valence-corrected chi connectivity index (χ3v) is 5.49. The number of aryl methyl sites for hydroxylation is 2. The summed E-state index contributed by atoms with van der Waals surface area (Å²) in [4.78, 5) is 9.73. The zero-order valence-electron chi connectivity index (χ0n) is 18.4. The van der Waals surface area contributed by atoms with Gasteiger partial charge >= 0.3 is 0 Å². The molecule has 0 unspecified atom stereocenters. The fraction of sp³-hybridized carbons (Fsp3) is 0.545. The Hall–Kier alpha value is -2.01. The van der Waals surface area contributed by atoms with Crippen LogP contribution in [0.2, 0.25) is 0 Å². The Bertz CT molecular complexity index is 863. The van der Waals surface area contributed by atoms with Gasteiger partial charge in [-0.3, -0.25) is 14.6 Å². The maximum Gasteiger partial charge on any atom is 0.231 e. The minimum absolute atomic E-state index is 0. The highest BCUT2D eigenvalue weighted by Crippen LogP contribution is 2.32. The monoisotopic (exact) mass is 540 g/mol. The largest absolute Gasteiger partial charge is 0.454 e. The molecule has 9 heteroatoms. The summed E-state index contributed by atoms with van der Waals surface area (Å²) in [6.45, 7) is 9.12. The Morgan fingerprint density at radius 1 is 1.13 bits per heavy atom. The number of aliphatic imine (C=N–C) groups is 1. The lowest BCUT2D eigenvalue weighted by molar-refractivity contribution is 0.171. The summed E-state index contributed by atoms with van der Waals surface area (Å²) < 4.78 is 12.8. The van der Waals surface area contributed by atoms with Crippen LogP contribution in [0.15, 0.2) is 35.6 Å². The molecule has 1 aromatic carbocycles. The van der Waals surface area contributed by atoms with Gasteiger partial charge in [0.15, 0.2) is 17.5 Å². The standard InChI is InChI=1S/C22H32N6O2.HI/c1-3-23-22(24-8-4-5-19-14-25-26(2)15-19)28-11-9-27(10-12-28)16-18-6-7-20-21(13-18)30-17-29-20;/h6-7,13-15H,3-5,8-12,16-17H2,1-2H3,(H,23,24);1H. The van der Waals surface area contributed by atoms with Gasteiger partial charge in [0.05, 0.1) is 6.20 Å². The van der Waals surface area contributed by atoms with Crippen molar-refractivity contribution in [1.82, 2.24) is 24.9 Å². The number of nitrogens with one attached hydrogen (secondary N) is 1. The van der Waals surface area contributed by atoms with Gasteiger partial charge in [-0.2, -0.15) is 5.10 Å². The highest BCUT2D eigenvalue weighted by Gasteiger charge is 2.20. The van der Waals surface area contributed by atoms with Crippen LogP contribution in [0.1, 0.15) is 24.5 Å². The summed E-state index contributed by atoms with van der Waals surface area (Å²) in [6, 6.07) is 6.24. The number of fused-ring (bicyclic) bond motifs is 1. The zero-order chi connectivity index (χ0) is 20.8. The number of rotatable bonds is 7. The summed E-state index contributed by atoms with van der Waals surface area (Å²) in [5, 5.41) is 7.69. The number of nitrogens with zero attached hydrogens (tertiary/aromatic N) is 5. The molecule has 0 spiro atoms. The molecule has 2 aromatic rings. The molecule has 0 aliphatic carbocycles. The Kier molecular flexibility index (Phi) is 8.82. The topological polar surface area (TPSA) is 67.2 Å². The number of piperazine rings is 1. The smallest absolute Gasteiger partial charge is 0.231 e. The second-order valence-electron chi connectivity index (χ2n) is 7.81. The number of aromatic nitrogens is 2. The highest BCUT2D eigenvalue weighted by atomic mass is 127. The quantitative estimate of drug-likeness (QED) is 0.252. The fourth-order valence-electron chi connectivity index (χ4n) is 3.91. The SMILES string of the molecule is CCNC(=NCCCc1cnn(C)c1)N1CCN(Cc2ccc3c(c2)OCO3)CC1.I. The predicted octanol–water partition coefficient (Wildman–Crippen LogP) is 2.48. The highest BCUT2D eigenvalue weighted by molar-refractivity contribution is 14.0. The molecular weight excluding hydrogens is 507 g/mol. The van der Waals surface area contributed by atoms with E-state index in [4.69, 9.17) is 14.5 Å². The normalized spacial score (nSPS) is 16.3. The first-order valence-corrected chi connectivity index (χ1v) is 10.8. The van der Waals surface area contributed by atoms with E-state index in [0.29, 0.717) is 6.79 Å². The molecule has 170 valence electrons. The lowest BCUT2D eigenvalue weighted by atomic mass is 10.1. The van der Waals surface area contributed by atoms with Crippen LogP contribution < -0.4 is 14.8 Å². The van der Waals surface area contributed by atoms with Gasteiger partial charge in [-0.25, -0.2) is 0 Å². The van der Waals surface area contributed by atoms with E-state index in [2.05, 4.69) is 45.5 Å². The summed E-state index contributed by atoms with van der Waals surface area (Å²) >= 11 is 0. The van der Waals surface area contributed by atoms with Crippen molar-refractivity contribution in [2.45, 2.75) is 26.3 Å². The Labute approximate surface area is 201 Å². The minimum Gasteiger partial charge on any atom is -0.454 e. The molecule has 1 fully saturated rings. The number of guanidine groups is 1. The van der Waals surface area contributed by atoms with E-state index in [1.54, 1.807) is 0 Å². The van der Waals surface area contributed by atoms with E-state index >= 15 is 0 Å². The van der Waals surface area contributed by atoms with Crippen molar-refractivity contribution in [1.29, 1.82) is 0 Å². The van der Waals surface area contributed by atoms with Crippen molar-refractivity contribution in [2.24, 2.45) is 12.0 Å². The van der Waals surface area contributed by atoms with E-state index < -0.39 is 0 Å². The van der Waals surface area contributed by atoms with Gasteiger partial charge in [-0.15, -0.1) is 24.0 Å². The van der Waals surface area contributed by atoms with E-state index in [9.17, 15) is 0 Å².